The molecule has 4 aromatic rings. The summed E-state index contributed by atoms with van der Waals surface area (Å²) >= 11 is 0. The van der Waals surface area contributed by atoms with Crippen molar-refractivity contribution in [2.75, 3.05) is 6.61 Å². The highest BCUT2D eigenvalue weighted by Crippen LogP contribution is 2.46. The van der Waals surface area contributed by atoms with Gasteiger partial charge in [-0.2, -0.15) is 0 Å². The molecule has 2 aromatic heterocycles. The molecular weight excluding hydrogens is 549 g/mol. The van der Waals surface area contributed by atoms with E-state index in [9.17, 15) is 19.1 Å². The molecule has 2 aliphatic rings. The summed E-state index contributed by atoms with van der Waals surface area (Å²) in [5.74, 6) is -0.168. The minimum Gasteiger partial charge on any atom is -0.490 e. The van der Waals surface area contributed by atoms with Crippen LogP contribution in [-0.4, -0.2) is 39.5 Å². The number of primary amides is 1. The van der Waals surface area contributed by atoms with Gasteiger partial charge in [0.25, 0.3) is 0 Å². The molecule has 43 heavy (non-hydrogen) atoms. The van der Waals surface area contributed by atoms with Gasteiger partial charge in [-0.15, -0.1) is 0 Å². The standard InChI is InChI=1S/C34H32FN3O5/c1-33(32(36)40)19-42-31-26(33)17-29(38-30(31)20-5-8-23(35)9-6-20)34(2,41)14-13-27(39)21-7-12-25(22-4-3-15-37-18-22)28(16-21)43-24-10-11-24/h3-9,12,15-18,24,41H,10-11,13-14,19H2,1-2H3,(H2,36,40)/t33-,34-/m0/s1. The number of halogens is 1. The zero-order chi connectivity index (χ0) is 30.4. The summed E-state index contributed by atoms with van der Waals surface area (Å²) in [7, 11) is 0. The van der Waals surface area contributed by atoms with Gasteiger partial charge in [0.05, 0.1) is 11.8 Å². The molecule has 1 amide bonds. The summed E-state index contributed by atoms with van der Waals surface area (Å²) in [5.41, 5.74) is 6.94. The van der Waals surface area contributed by atoms with E-state index in [0.29, 0.717) is 33.9 Å². The minimum absolute atomic E-state index is 0.0118. The van der Waals surface area contributed by atoms with E-state index in [1.165, 1.54) is 12.1 Å². The van der Waals surface area contributed by atoms with Gasteiger partial charge in [-0.3, -0.25) is 14.6 Å². The first-order chi connectivity index (χ1) is 20.5. The van der Waals surface area contributed by atoms with Gasteiger partial charge in [-0.25, -0.2) is 9.37 Å². The van der Waals surface area contributed by atoms with E-state index in [1.807, 2.05) is 18.2 Å². The number of nitrogens with zero attached hydrogens (tertiary/aromatic N) is 2. The van der Waals surface area contributed by atoms with E-state index in [4.69, 9.17) is 20.2 Å². The van der Waals surface area contributed by atoms with Crippen LogP contribution in [0.2, 0.25) is 0 Å². The molecule has 1 fully saturated rings. The topological polar surface area (TPSA) is 125 Å². The lowest BCUT2D eigenvalue weighted by atomic mass is 9.81. The molecule has 8 nitrogen and oxygen atoms in total. The van der Waals surface area contributed by atoms with Crippen molar-refractivity contribution in [1.29, 1.82) is 0 Å². The van der Waals surface area contributed by atoms with Crippen molar-refractivity contribution in [2.45, 2.75) is 56.7 Å². The molecule has 3 heterocycles. The quantitative estimate of drug-likeness (QED) is 0.237. The SMILES string of the molecule is C[C@](O)(CCC(=O)c1ccc(-c2cccnc2)c(OC2CC2)c1)c1cc2c(c(-c3ccc(F)cc3)n1)OC[C@]2(C)C(N)=O. The number of pyridine rings is 2. The monoisotopic (exact) mass is 581 g/mol. The number of benzene rings is 2. The van der Waals surface area contributed by atoms with Gasteiger partial charge < -0.3 is 20.3 Å². The normalized spacial score (nSPS) is 18.8. The third kappa shape index (κ3) is 5.60. The lowest BCUT2D eigenvalue weighted by molar-refractivity contribution is -0.123. The molecule has 1 aliphatic carbocycles. The summed E-state index contributed by atoms with van der Waals surface area (Å²) in [4.78, 5) is 34.8. The van der Waals surface area contributed by atoms with E-state index in [0.717, 1.165) is 24.0 Å². The molecule has 0 bridgehead atoms. The van der Waals surface area contributed by atoms with Gasteiger partial charge >= 0.3 is 0 Å². The van der Waals surface area contributed by atoms with Crippen molar-refractivity contribution < 1.29 is 28.6 Å². The molecule has 9 heteroatoms. The Morgan fingerprint density at radius 3 is 2.58 bits per heavy atom. The molecule has 2 atom stereocenters. The number of nitrogens with two attached hydrogens (primary N) is 1. The van der Waals surface area contributed by atoms with Gasteiger partial charge in [-0.1, -0.05) is 12.1 Å². The maximum absolute atomic E-state index is 13.7. The number of Topliss-reactive ketones (excluding diaryl/α,β-unsaturated/α-hetero) is 1. The second kappa shape index (κ2) is 10.9. The molecule has 3 N–H and O–H groups in total. The summed E-state index contributed by atoms with van der Waals surface area (Å²) < 4.78 is 25.7. The Kier molecular flexibility index (Phi) is 7.22. The number of amides is 1. The van der Waals surface area contributed by atoms with Gasteiger partial charge in [0.1, 0.15) is 40.6 Å². The molecule has 220 valence electrons. The second-order valence-corrected chi connectivity index (χ2v) is 11.7. The van der Waals surface area contributed by atoms with Crippen LogP contribution in [0.1, 0.15) is 61.1 Å². The van der Waals surface area contributed by atoms with Gasteiger partial charge in [0.15, 0.2) is 5.78 Å². The fourth-order valence-electron chi connectivity index (χ4n) is 5.22. The lowest BCUT2D eigenvalue weighted by Gasteiger charge is -2.26. The predicted molar refractivity (Wildman–Crippen MR) is 158 cm³/mol. The van der Waals surface area contributed by atoms with E-state index >= 15 is 0 Å². The largest absolute Gasteiger partial charge is 0.490 e. The number of carbonyl (C=O) groups is 2. The van der Waals surface area contributed by atoms with E-state index in [1.54, 1.807) is 56.6 Å². The first-order valence-corrected chi connectivity index (χ1v) is 14.3. The first-order valence-electron chi connectivity index (χ1n) is 14.3. The zero-order valence-corrected chi connectivity index (χ0v) is 24.0. The maximum Gasteiger partial charge on any atom is 0.231 e. The number of carbonyl (C=O) groups excluding carboxylic acids is 2. The third-order valence-electron chi connectivity index (χ3n) is 8.22. The Hall–Kier alpha value is -4.63. The summed E-state index contributed by atoms with van der Waals surface area (Å²) in [6, 6.07) is 16.5. The highest BCUT2D eigenvalue weighted by Gasteiger charge is 2.45. The molecule has 6 rings (SSSR count). The molecule has 2 aromatic carbocycles. The van der Waals surface area contributed by atoms with Crippen LogP contribution >= 0.6 is 0 Å². The van der Waals surface area contributed by atoms with Crippen molar-refractivity contribution in [1.82, 2.24) is 9.97 Å². The Labute approximate surface area is 248 Å². The number of fused-ring (bicyclic) bond motifs is 1. The van der Waals surface area contributed by atoms with Crippen molar-refractivity contribution >= 4 is 11.7 Å². The molecule has 0 unspecified atom stereocenters. The Morgan fingerprint density at radius 2 is 1.91 bits per heavy atom. The number of aliphatic hydroxyl groups is 1. The molecule has 1 saturated carbocycles. The molecular formula is C34H32FN3O5. The number of aromatic nitrogens is 2. The summed E-state index contributed by atoms with van der Waals surface area (Å²) in [5, 5.41) is 11.6. The average molecular weight is 582 g/mol. The minimum atomic E-state index is -1.55. The van der Waals surface area contributed by atoms with Crippen molar-refractivity contribution in [2.24, 2.45) is 5.73 Å². The van der Waals surface area contributed by atoms with Crippen LogP contribution in [0.25, 0.3) is 22.4 Å². The van der Waals surface area contributed by atoms with Crippen LogP contribution < -0.4 is 15.2 Å². The highest BCUT2D eigenvalue weighted by atomic mass is 19.1. The van der Waals surface area contributed by atoms with Gasteiger partial charge in [0, 0.05) is 46.6 Å². The Balaban J connectivity index is 1.29. The number of ketones is 1. The zero-order valence-electron chi connectivity index (χ0n) is 24.0. The number of hydrogen-bond acceptors (Lipinski definition) is 7. The second-order valence-electron chi connectivity index (χ2n) is 11.7. The highest BCUT2D eigenvalue weighted by molar-refractivity contribution is 5.97. The fraction of sp³-hybridized carbons (Fsp3) is 0.294. The van der Waals surface area contributed by atoms with Crippen LogP contribution in [0.15, 0.2) is 73.1 Å². The van der Waals surface area contributed by atoms with Crippen LogP contribution in [0.5, 0.6) is 11.5 Å². The first kappa shape index (κ1) is 28.5. The molecule has 0 radical (unpaired) electrons. The van der Waals surface area contributed by atoms with Crippen molar-refractivity contribution in [3.05, 3.63) is 95.7 Å². The molecule has 1 aliphatic heterocycles. The molecule has 0 saturated heterocycles. The summed E-state index contributed by atoms with van der Waals surface area (Å²) in [6.45, 7) is 3.26. The van der Waals surface area contributed by atoms with Crippen molar-refractivity contribution in [3.8, 4) is 33.9 Å². The van der Waals surface area contributed by atoms with Crippen LogP contribution in [-0.2, 0) is 15.8 Å². The smallest absolute Gasteiger partial charge is 0.231 e. The van der Waals surface area contributed by atoms with Crippen LogP contribution in [0.3, 0.4) is 0 Å². The number of ether oxygens (including phenoxy) is 2. The van der Waals surface area contributed by atoms with E-state index in [-0.39, 0.29) is 37.0 Å². The Bertz CT molecular complexity index is 1700. The Morgan fingerprint density at radius 1 is 1.14 bits per heavy atom. The van der Waals surface area contributed by atoms with Crippen LogP contribution in [0, 0.1) is 5.82 Å². The van der Waals surface area contributed by atoms with Gasteiger partial charge in [-0.05, 0) is 81.6 Å². The maximum atomic E-state index is 13.7. The number of rotatable bonds is 10. The van der Waals surface area contributed by atoms with E-state index < -0.39 is 22.7 Å². The van der Waals surface area contributed by atoms with E-state index in [2.05, 4.69) is 4.98 Å². The molecule has 0 spiro atoms. The lowest BCUT2D eigenvalue weighted by Crippen LogP contribution is -2.40. The fourth-order valence-corrected chi connectivity index (χ4v) is 5.22. The van der Waals surface area contributed by atoms with Gasteiger partial charge in [0.2, 0.25) is 5.91 Å². The van der Waals surface area contributed by atoms with Crippen LogP contribution in [0.4, 0.5) is 4.39 Å². The third-order valence-corrected chi connectivity index (χ3v) is 8.22. The average Bonchev–Trinajstić information content (AvgIpc) is 3.76. The number of hydrogen-bond donors (Lipinski definition) is 2. The van der Waals surface area contributed by atoms with Crippen molar-refractivity contribution in [3.63, 3.8) is 0 Å². The predicted octanol–water partition coefficient (Wildman–Crippen LogP) is 5.50. The summed E-state index contributed by atoms with van der Waals surface area (Å²) in [6.07, 6.45) is 5.62.